The molecule has 0 radical (unpaired) electrons. The van der Waals surface area contributed by atoms with Crippen LogP contribution in [0.4, 0.5) is 11.4 Å². The number of hydrogen-bond donors (Lipinski definition) is 4. The van der Waals surface area contributed by atoms with Gasteiger partial charge in [0.2, 0.25) is 5.91 Å². The maximum absolute atomic E-state index is 12.9. The summed E-state index contributed by atoms with van der Waals surface area (Å²) in [4.78, 5) is 22.7. The Morgan fingerprint density at radius 2 is 1.76 bits per heavy atom. The van der Waals surface area contributed by atoms with E-state index in [1.54, 1.807) is 0 Å². The first-order chi connectivity index (χ1) is 16.0. The van der Waals surface area contributed by atoms with E-state index in [1.807, 2.05) is 106 Å². The van der Waals surface area contributed by atoms with Crippen molar-refractivity contribution in [3.8, 4) is 11.4 Å². The van der Waals surface area contributed by atoms with Crippen LogP contribution in [-0.2, 0) is 11.2 Å². The van der Waals surface area contributed by atoms with Crippen molar-refractivity contribution in [1.29, 1.82) is 0 Å². The van der Waals surface area contributed by atoms with Crippen molar-refractivity contribution in [3.63, 3.8) is 0 Å². The number of aromatic nitrogens is 2. The van der Waals surface area contributed by atoms with E-state index in [0.29, 0.717) is 12.1 Å². The standard InChI is InChI=1S/C24H25N5O2.C2H6/c1-29(2)22(14-16-6-4-3-5-7-16)24(30)25-18-10-8-17(9-11-18)23-26-20-13-12-19(28-31)15-21(20)27-23;1-2/h3-13,15,22,28,31H,14H2,1-2H3,(H,25,30)(H,26,27);1-2H3/p+1. The molecular formula is C26H32N5O2+. The van der Waals surface area contributed by atoms with Gasteiger partial charge in [-0.1, -0.05) is 44.2 Å². The average molecular weight is 447 g/mol. The average Bonchev–Trinajstić information content (AvgIpc) is 3.28. The van der Waals surface area contributed by atoms with Gasteiger partial charge in [0.15, 0.2) is 5.69 Å². The van der Waals surface area contributed by atoms with Gasteiger partial charge in [-0.3, -0.25) is 9.69 Å². The fraction of sp³-hybridized carbons (Fsp3) is 0.231. The summed E-state index contributed by atoms with van der Waals surface area (Å²) in [5, 5.41) is 12.2. The van der Waals surface area contributed by atoms with E-state index < -0.39 is 0 Å². The second-order valence-corrected chi connectivity index (χ2v) is 7.73. The number of quaternary nitrogens is 1. The Kier molecular flexibility index (Phi) is 8.32. The van der Waals surface area contributed by atoms with Crippen LogP contribution in [-0.4, -0.2) is 46.1 Å². The van der Waals surface area contributed by atoms with Gasteiger partial charge < -0.3 is 10.3 Å². The van der Waals surface area contributed by atoms with Gasteiger partial charge >= 0.3 is 0 Å². The van der Waals surface area contributed by atoms with Crippen LogP contribution in [0.3, 0.4) is 0 Å². The summed E-state index contributed by atoms with van der Waals surface area (Å²) < 4.78 is 0. The SMILES string of the molecule is CC.CN(C)C(Cc1ccccc1)C(=O)Nc1ccc(-c2nc3ccc([NH2+]O)cc3[nH]2)cc1. The minimum Gasteiger partial charge on any atom is -0.338 e. The minimum atomic E-state index is -0.269. The van der Waals surface area contributed by atoms with E-state index in [0.717, 1.165) is 39.2 Å². The van der Waals surface area contributed by atoms with Crippen molar-refractivity contribution in [1.82, 2.24) is 14.9 Å². The molecule has 0 aliphatic carbocycles. The number of hydrogen-bond acceptors (Lipinski definition) is 4. The Labute approximate surface area is 194 Å². The van der Waals surface area contributed by atoms with Crippen LogP contribution < -0.4 is 10.8 Å². The lowest BCUT2D eigenvalue weighted by Gasteiger charge is -2.23. The lowest BCUT2D eigenvalue weighted by Crippen LogP contribution is -2.73. The molecule has 0 bridgehead atoms. The molecule has 5 N–H and O–H groups in total. The van der Waals surface area contributed by atoms with Crippen molar-refractivity contribution in [2.45, 2.75) is 26.3 Å². The van der Waals surface area contributed by atoms with Crippen LogP contribution in [0.2, 0.25) is 0 Å². The van der Waals surface area contributed by atoms with E-state index in [9.17, 15) is 10.0 Å². The van der Waals surface area contributed by atoms with Crippen LogP contribution in [0.25, 0.3) is 22.4 Å². The number of benzene rings is 3. The van der Waals surface area contributed by atoms with Crippen molar-refractivity contribution in [2.24, 2.45) is 0 Å². The van der Waals surface area contributed by atoms with Crippen LogP contribution in [0.1, 0.15) is 19.4 Å². The zero-order chi connectivity index (χ0) is 23.8. The predicted molar refractivity (Wildman–Crippen MR) is 133 cm³/mol. The molecule has 1 unspecified atom stereocenters. The number of nitrogens with one attached hydrogen (secondary N) is 2. The van der Waals surface area contributed by atoms with E-state index in [-0.39, 0.29) is 11.9 Å². The number of fused-ring (bicyclic) bond motifs is 1. The molecule has 4 rings (SSSR count). The quantitative estimate of drug-likeness (QED) is 0.255. The molecule has 3 aromatic carbocycles. The number of imidazole rings is 1. The third-order valence-corrected chi connectivity index (χ3v) is 5.28. The second kappa shape index (κ2) is 11.4. The molecule has 0 saturated heterocycles. The van der Waals surface area contributed by atoms with E-state index in [4.69, 9.17) is 0 Å². The molecule has 33 heavy (non-hydrogen) atoms. The van der Waals surface area contributed by atoms with E-state index >= 15 is 0 Å². The molecule has 4 aromatic rings. The number of nitrogens with zero attached hydrogens (tertiary/aromatic N) is 2. The number of carbonyl (C=O) groups excluding carboxylic acids is 1. The van der Waals surface area contributed by atoms with Crippen molar-refractivity contribution in [2.75, 3.05) is 19.4 Å². The molecule has 172 valence electrons. The zero-order valence-corrected chi connectivity index (χ0v) is 19.5. The first-order valence-electron chi connectivity index (χ1n) is 11.1. The monoisotopic (exact) mass is 446 g/mol. The third kappa shape index (κ3) is 6.04. The Bertz CT molecular complexity index is 1170. The molecule has 0 aliphatic heterocycles. The first-order valence-corrected chi connectivity index (χ1v) is 11.1. The topological polar surface area (TPSA) is 97.9 Å². The van der Waals surface area contributed by atoms with E-state index in [2.05, 4.69) is 15.3 Å². The Morgan fingerprint density at radius 1 is 1.06 bits per heavy atom. The predicted octanol–water partition coefficient (Wildman–Crippen LogP) is 3.95. The number of amides is 1. The molecule has 0 aliphatic rings. The molecule has 7 nitrogen and oxygen atoms in total. The maximum Gasteiger partial charge on any atom is 0.242 e. The number of H-pyrrole nitrogens is 1. The van der Waals surface area contributed by atoms with Gasteiger partial charge in [0.05, 0.1) is 17.1 Å². The Balaban J connectivity index is 0.00000149. The summed E-state index contributed by atoms with van der Waals surface area (Å²) in [5.41, 5.74) is 6.23. The normalized spacial score (nSPS) is 11.7. The van der Waals surface area contributed by atoms with Gasteiger partial charge in [-0.15, -0.1) is 0 Å². The Morgan fingerprint density at radius 3 is 2.39 bits per heavy atom. The van der Waals surface area contributed by atoms with Crippen molar-refractivity contribution < 1.29 is 15.5 Å². The highest BCUT2D eigenvalue weighted by molar-refractivity contribution is 5.95. The minimum absolute atomic E-state index is 0.0434. The van der Waals surface area contributed by atoms with Crippen LogP contribution in [0.15, 0.2) is 72.8 Å². The zero-order valence-electron chi connectivity index (χ0n) is 19.5. The molecule has 7 heteroatoms. The fourth-order valence-electron chi connectivity index (χ4n) is 3.53. The van der Waals surface area contributed by atoms with Gasteiger partial charge in [-0.2, -0.15) is 5.48 Å². The van der Waals surface area contributed by atoms with Crippen LogP contribution >= 0.6 is 0 Å². The van der Waals surface area contributed by atoms with Crippen LogP contribution in [0, 0.1) is 0 Å². The van der Waals surface area contributed by atoms with Gasteiger partial charge in [-0.25, -0.2) is 10.2 Å². The highest BCUT2D eigenvalue weighted by atomic mass is 16.5. The lowest BCUT2D eigenvalue weighted by molar-refractivity contribution is -0.825. The van der Waals surface area contributed by atoms with E-state index in [1.165, 1.54) is 0 Å². The molecule has 0 spiro atoms. The molecule has 1 heterocycles. The summed E-state index contributed by atoms with van der Waals surface area (Å²) >= 11 is 0. The van der Waals surface area contributed by atoms with Crippen molar-refractivity contribution in [3.05, 3.63) is 78.4 Å². The molecule has 1 aromatic heterocycles. The van der Waals surface area contributed by atoms with Crippen LogP contribution in [0.5, 0.6) is 0 Å². The fourth-order valence-corrected chi connectivity index (χ4v) is 3.53. The molecule has 0 saturated carbocycles. The summed E-state index contributed by atoms with van der Waals surface area (Å²) in [5.74, 6) is 0.691. The number of carbonyl (C=O) groups is 1. The number of nitrogens with two attached hydrogens (primary N) is 1. The third-order valence-electron chi connectivity index (χ3n) is 5.28. The largest absolute Gasteiger partial charge is 0.338 e. The first kappa shape index (κ1) is 24.1. The van der Waals surface area contributed by atoms with Gasteiger partial charge in [0.25, 0.3) is 0 Å². The Hall–Kier alpha value is -3.52. The summed E-state index contributed by atoms with van der Waals surface area (Å²) in [6, 6.07) is 22.9. The van der Waals surface area contributed by atoms with Crippen molar-refractivity contribution >= 4 is 28.3 Å². The number of aromatic amines is 1. The summed E-state index contributed by atoms with van der Waals surface area (Å²) in [6.45, 7) is 4.00. The highest BCUT2D eigenvalue weighted by Gasteiger charge is 2.21. The molecule has 1 atom stereocenters. The second-order valence-electron chi connectivity index (χ2n) is 7.73. The number of anilines is 1. The smallest absolute Gasteiger partial charge is 0.242 e. The van der Waals surface area contributed by atoms with Gasteiger partial charge in [-0.05, 0) is 56.4 Å². The molecule has 1 amide bonds. The number of likely N-dealkylation sites (N-methyl/N-ethyl adjacent to an activating group) is 1. The molecular weight excluding hydrogens is 414 g/mol. The summed E-state index contributed by atoms with van der Waals surface area (Å²) in [7, 11) is 3.83. The lowest BCUT2D eigenvalue weighted by atomic mass is 10.0. The number of rotatable bonds is 7. The van der Waals surface area contributed by atoms with Gasteiger partial charge in [0.1, 0.15) is 5.82 Å². The maximum atomic E-state index is 12.9. The highest BCUT2D eigenvalue weighted by Crippen LogP contribution is 2.23. The molecule has 0 fully saturated rings. The summed E-state index contributed by atoms with van der Waals surface area (Å²) in [6.07, 6.45) is 0.643. The van der Waals surface area contributed by atoms with Gasteiger partial charge in [0, 0.05) is 23.4 Å².